The molecule has 0 bridgehead atoms. The first-order chi connectivity index (χ1) is 8.30. The molecular formula is C11H10ClF3N2O. The van der Waals surface area contributed by atoms with Crippen molar-refractivity contribution in [3.63, 3.8) is 0 Å². The number of anilines is 1. The summed E-state index contributed by atoms with van der Waals surface area (Å²) >= 11 is 5.59. The maximum Gasteiger partial charge on any atom is 0.419 e. The van der Waals surface area contributed by atoms with Crippen LogP contribution in [-0.2, 0) is 11.0 Å². The van der Waals surface area contributed by atoms with E-state index in [1.807, 2.05) is 0 Å². The molecule has 98 valence electrons. The van der Waals surface area contributed by atoms with Crippen LogP contribution in [0, 0.1) is 0 Å². The topological polar surface area (TPSA) is 46.3 Å². The molecule has 0 spiro atoms. The van der Waals surface area contributed by atoms with Crippen LogP contribution >= 0.6 is 11.6 Å². The average molecular weight is 279 g/mol. The maximum absolute atomic E-state index is 12.9. The summed E-state index contributed by atoms with van der Waals surface area (Å²) in [6, 6.07) is 3.31. The highest BCUT2D eigenvalue weighted by molar-refractivity contribution is 6.32. The van der Waals surface area contributed by atoms with Crippen LogP contribution in [0.25, 0.3) is 0 Å². The SMILES string of the molecule is NC1CC(=O)N(c2cccc(Cl)c2C(F)(F)F)C1. The molecule has 1 amide bonds. The lowest BCUT2D eigenvalue weighted by Gasteiger charge is -2.22. The van der Waals surface area contributed by atoms with Crippen LogP contribution in [-0.4, -0.2) is 18.5 Å². The summed E-state index contributed by atoms with van der Waals surface area (Å²) in [6.07, 6.45) is -4.57. The summed E-state index contributed by atoms with van der Waals surface area (Å²) in [5.74, 6) is -0.421. The summed E-state index contributed by atoms with van der Waals surface area (Å²) in [5.41, 5.74) is 4.35. The van der Waals surface area contributed by atoms with Crippen LogP contribution < -0.4 is 10.6 Å². The summed E-state index contributed by atoms with van der Waals surface area (Å²) in [7, 11) is 0. The molecule has 1 saturated heterocycles. The number of halogens is 4. The Hall–Kier alpha value is -1.27. The highest BCUT2D eigenvalue weighted by atomic mass is 35.5. The summed E-state index contributed by atoms with van der Waals surface area (Å²) in [5, 5.41) is -0.423. The minimum Gasteiger partial charge on any atom is -0.326 e. The molecule has 0 aromatic heterocycles. The lowest BCUT2D eigenvalue weighted by atomic mass is 10.1. The Bertz CT molecular complexity index is 490. The van der Waals surface area contributed by atoms with E-state index < -0.39 is 28.7 Å². The molecule has 1 aliphatic heterocycles. The van der Waals surface area contributed by atoms with E-state index in [9.17, 15) is 18.0 Å². The van der Waals surface area contributed by atoms with Gasteiger partial charge in [-0.2, -0.15) is 13.2 Å². The maximum atomic E-state index is 12.9. The van der Waals surface area contributed by atoms with Gasteiger partial charge in [0.1, 0.15) is 0 Å². The van der Waals surface area contributed by atoms with Gasteiger partial charge in [0.25, 0.3) is 0 Å². The van der Waals surface area contributed by atoms with Gasteiger partial charge < -0.3 is 10.6 Å². The van der Waals surface area contributed by atoms with Crippen molar-refractivity contribution < 1.29 is 18.0 Å². The first kappa shape index (κ1) is 13.2. The quantitative estimate of drug-likeness (QED) is 0.857. The van der Waals surface area contributed by atoms with Gasteiger partial charge in [-0.15, -0.1) is 0 Å². The molecule has 2 N–H and O–H groups in total. The number of carbonyl (C=O) groups excluding carboxylic acids is 1. The molecule has 7 heteroatoms. The predicted molar refractivity (Wildman–Crippen MR) is 61.4 cm³/mol. The minimum absolute atomic E-state index is 0.0454. The summed E-state index contributed by atoms with van der Waals surface area (Å²) in [4.78, 5) is 12.7. The second-order valence-corrected chi connectivity index (χ2v) is 4.51. The Morgan fingerprint density at radius 1 is 1.39 bits per heavy atom. The van der Waals surface area contributed by atoms with Crippen LogP contribution in [0.3, 0.4) is 0 Å². The van der Waals surface area contributed by atoms with Gasteiger partial charge in [-0.05, 0) is 12.1 Å². The molecule has 1 fully saturated rings. The van der Waals surface area contributed by atoms with Gasteiger partial charge in [-0.1, -0.05) is 17.7 Å². The first-order valence-electron chi connectivity index (χ1n) is 5.22. The predicted octanol–water partition coefficient (Wildman–Crippen LogP) is 2.42. The molecule has 1 aromatic rings. The monoisotopic (exact) mass is 278 g/mol. The smallest absolute Gasteiger partial charge is 0.326 e. The number of hydrogen-bond acceptors (Lipinski definition) is 2. The van der Waals surface area contributed by atoms with Crippen molar-refractivity contribution in [2.24, 2.45) is 5.73 Å². The molecule has 1 atom stereocenters. The fourth-order valence-electron chi connectivity index (χ4n) is 1.99. The van der Waals surface area contributed by atoms with E-state index in [-0.39, 0.29) is 18.7 Å². The van der Waals surface area contributed by atoms with Crippen LogP contribution in [0.4, 0.5) is 18.9 Å². The van der Waals surface area contributed by atoms with Gasteiger partial charge in [-0.3, -0.25) is 4.79 Å². The zero-order valence-electron chi connectivity index (χ0n) is 9.17. The second kappa shape index (κ2) is 4.44. The molecule has 1 aromatic carbocycles. The van der Waals surface area contributed by atoms with E-state index in [4.69, 9.17) is 17.3 Å². The standard InChI is InChI=1S/C11H10ClF3N2O/c12-7-2-1-3-8(10(7)11(13,14)15)17-5-6(16)4-9(17)18/h1-3,6H,4-5,16H2. The van der Waals surface area contributed by atoms with E-state index in [2.05, 4.69) is 0 Å². The zero-order chi connectivity index (χ0) is 13.5. The second-order valence-electron chi connectivity index (χ2n) is 4.10. The van der Waals surface area contributed by atoms with E-state index in [1.54, 1.807) is 0 Å². The van der Waals surface area contributed by atoms with Gasteiger partial charge in [0, 0.05) is 19.0 Å². The van der Waals surface area contributed by atoms with Crippen LogP contribution in [0.2, 0.25) is 5.02 Å². The normalized spacial score (nSPS) is 20.6. The number of alkyl halides is 3. The molecule has 3 nitrogen and oxygen atoms in total. The van der Waals surface area contributed by atoms with E-state index in [0.29, 0.717) is 0 Å². The molecule has 0 aliphatic carbocycles. The molecule has 0 saturated carbocycles. The number of benzene rings is 1. The van der Waals surface area contributed by atoms with Gasteiger partial charge in [0.15, 0.2) is 0 Å². The Morgan fingerprint density at radius 3 is 2.56 bits per heavy atom. The minimum atomic E-state index is -4.61. The molecule has 0 radical (unpaired) electrons. The fourth-order valence-corrected chi connectivity index (χ4v) is 2.26. The molecule has 2 rings (SSSR count). The van der Waals surface area contributed by atoms with Gasteiger partial charge in [0.2, 0.25) is 5.91 Å². The van der Waals surface area contributed by atoms with Crippen molar-refractivity contribution in [2.45, 2.75) is 18.6 Å². The number of hydrogen-bond donors (Lipinski definition) is 1. The third-order valence-electron chi connectivity index (χ3n) is 2.72. The number of amides is 1. The van der Waals surface area contributed by atoms with Crippen molar-refractivity contribution in [3.05, 3.63) is 28.8 Å². The third kappa shape index (κ3) is 2.30. The molecular weight excluding hydrogens is 269 g/mol. The molecule has 18 heavy (non-hydrogen) atoms. The number of nitrogens with two attached hydrogens (primary N) is 1. The Kier molecular flexibility index (Phi) is 3.25. The van der Waals surface area contributed by atoms with Gasteiger partial charge in [0.05, 0.1) is 16.3 Å². The summed E-state index contributed by atoms with van der Waals surface area (Å²) in [6.45, 7) is 0.0717. The molecule has 1 unspecified atom stereocenters. The highest BCUT2D eigenvalue weighted by Crippen LogP contribution is 2.42. The van der Waals surface area contributed by atoms with Crippen LogP contribution in [0.1, 0.15) is 12.0 Å². The van der Waals surface area contributed by atoms with E-state index in [1.165, 1.54) is 12.1 Å². The van der Waals surface area contributed by atoms with E-state index in [0.717, 1.165) is 11.0 Å². The largest absolute Gasteiger partial charge is 0.419 e. The summed E-state index contributed by atoms with van der Waals surface area (Å²) < 4.78 is 38.8. The highest BCUT2D eigenvalue weighted by Gasteiger charge is 2.40. The molecule has 1 heterocycles. The fraction of sp³-hybridized carbons (Fsp3) is 0.364. The van der Waals surface area contributed by atoms with Gasteiger partial charge >= 0.3 is 6.18 Å². The average Bonchev–Trinajstić information content (AvgIpc) is 2.55. The Morgan fingerprint density at radius 2 is 2.06 bits per heavy atom. The first-order valence-corrected chi connectivity index (χ1v) is 5.60. The van der Waals surface area contributed by atoms with Gasteiger partial charge in [-0.25, -0.2) is 0 Å². The lowest BCUT2D eigenvalue weighted by Crippen LogP contribution is -2.30. The van der Waals surface area contributed by atoms with Crippen molar-refractivity contribution >= 4 is 23.2 Å². The van der Waals surface area contributed by atoms with E-state index >= 15 is 0 Å². The van der Waals surface area contributed by atoms with Crippen molar-refractivity contribution in [3.8, 4) is 0 Å². The molecule has 1 aliphatic rings. The van der Waals surface area contributed by atoms with Crippen LogP contribution in [0.15, 0.2) is 18.2 Å². The Balaban J connectivity index is 2.52. The third-order valence-corrected chi connectivity index (χ3v) is 3.04. The Labute approximate surface area is 106 Å². The number of nitrogens with zero attached hydrogens (tertiary/aromatic N) is 1. The van der Waals surface area contributed by atoms with Crippen LogP contribution in [0.5, 0.6) is 0 Å². The zero-order valence-corrected chi connectivity index (χ0v) is 9.92. The van der Waals surface area contributed by atoms with Crippen molar-refractivity contribution in [2.75, 3.05) is 11.4 Å². The lowest BCUT2D eigenvalue weighted by molar-refractivity contribution is -0.137. The van der Waals surface area contributed by atoms with Crippen molar-refractivity contribution in [1.29, 1.82) is 0 Å². The van der Waals surface area contributed by atoms with Crippen molar-refractivity contribution in [1.82, 2.24) is 0 Å². The number of carbonyl (C=O) groups is 1. The number of rotatable bonds is 1.